The molecule has 23 heavy (non-hydrogen) atoms. The molecular weight excluding hydrogens is 288 g/mol. The van der Waals surface area contributed by atoms with Gasteiger partial charge in [-0.3, -0.25) is 4.79 Å². The van der Waals surface area contributed by atoms with E-state index in [1.165, 1.54) is 64.2 Å². The minimum atomic E-state index is -0.745. The van der Waals surface area contributed by atoms with Gasteiger partial charge in [0, 0.05) is 6.42 Å². The molecule has 2 N–H and O–H groups in total. The van der Waals surface area contributed by atoms with Crippen molar-refractivity contribution in [3.8, 4) is 0 Å². The van der Waals surface area contributed by atoms with Gasteiger partial charge in [0.05, 0.1) is 6.10 Å². The summed E-state index contributed by atoms with van der Waals surface area (Å²) in [5.74, 6) is 0.591. The molecule has 3 nitrogen and oxygen atoms in total. The molecule has 3 atom stereocenters. The number of carbonyl (C=O) groups is 1. The second-order valence-corrected chi connectivity index (χ2v) is 7.06. The van der Waals surface area contributed by atoms with Gasteiger partial charge in [-0.25, -0.2) is 0 Å². The van der Waals surface area contributed by atoms with Crippen molar-refractivity contribution in [2.45, 2.75) is 111 Å². The predicted octanol–water partition coefficient (Wildman–Crippen LogP) is 6.04. The summed E-state index contributed by atoms with van der Waals surface area (Å²) in [6.07, 6.45) is 13.7. The minimum absolute atomic E-state index is 0.140. The Balaban J connectivity index is 0. The van der Waals surface area contributed by atoms with Gasteiger partial charge in [-0.2, -0.15) is 0 Å². The Kier molecular flexibility index (Phi) is 19.1. The molecule has 0 aliphatic carbocycles. The second-order valence-electron chi connectivity index (χ2n) is 7.06. The smallest absolute Gasteiger partial charge is 0.303 e. The van der Waals surface area contributed by atoms with E-state index in [1.807, 2.05) is 6.92 Å². The van der Waals surface area contributed by atoms with Gasteiger partial charge in [0.2, 0.25) is 0 Å². The van der Waals surface area contributed by atoms with Gasteiger partial charge in [-0.1, -0.05) is 85.5 Å². The fourth-order valence-corrected chi connectivity index (χ4v) is 2.45. The first-order chi connectivity index (χ1) is 10.8. The summed E-state index contributed by atoms with van der Waals surface area (Å²) in [5, 5.41) is 17.2. The Bertz CT molecular complexity index is 251. The topological polar surface area (TPSA) is 57.5 Å². The number of carboxylic acids is 1. The van der Waals surface area contributed by atoms with Crippen LogP contribution in [0.3, 0.4) is 0 Å². The van der Waals surface area contributed by atoms with Crippen molar-refractivity contribution in [3.63, 3.8) is 0 Å². The molecule has 0 aromatic rings. The first-order valence-corrected chi connectivity index (χ1v) is 9.74. The molecular formula is C20H42O3. The Morgan fingerprint density at radius 2 is 1.30 bits per heavy atom. The van der Waals surface area contributed by atoms with Crippen LogP contribution in [0.2, 0.25) is 0 Å². The van der Waals surface area contributed by atoms with Gasteiger partial charge in [0.1, 0.15) is 0 Å². The first kappa shape index (κ1) is 24.7. The quantitative estimate of drug-likeness (QED) is 0.405. The normalized spacial score (nSPS) is 14.5. The maximum atomic E-state index is 9.43. The summed E-state index contributed by atoms with van der Waals surface area (Å²) >= 11 is 0. The molecule has 0 aromatic carbocycles. The molecule has 0 bridgehead atoms. The largest absolute Gasteiger partial charge is 0.481 e. The van der Waals surface area contributed by atoms with Crippen LogP contribution in [0, 0.1) is 11.8 Å². The molecule has 0 radical (unpaired) electrons. The van der Waals surface area contributed by atoms with Crippen LogP contribution in [-0.2, 0) is 4.79 Å². The summed E-state index contributed by atoms with van der Waals surface area (Å²) in [6.45, 7) is 10.3. The van der Waals surface area contributed by atoms with E-state index in [-0.39, 0.29) is 12.5 Å². The maximum absolute atomic E-state index is 9.43. The summed E-state index contributed by atoms with van der Waals surface area (Å²) in [4.78, 5) is 9.37. The highest BCUT2D eigenvalue weighted by Gasteiger charge is 2.09. The lowest BCUT2D eigenvalue weighted by Crippen LogP contribution is -2.13. The number of aliphatic hydroxyl groups excluding tert-OH is 1. The number of hydrogen-bond acceptors (Lipinski definition) is 2. The van der Waals surface area contributed by atoms with Crippen LogP contribution in [0.4, 0.5) is 0 Å². The molecule has 3 heteroatoms. The Morgan fingerprint density at radius 3 is 1.78 bits per heavy atom. The molecule has 0 aliphatic rings. The van der Waals surface area contributed by atoms with E-state index in [2.05, 4.69) is 20.8 Å². The number of aliphatic hydroxyl groups is 1. The highest BCUT2D eigenvalue weighted by Crippen LogP contribution is 2.19. The van der Waals surface area contributed by atoms with E-state index in [0.29, 0.717) is 5.92 Å². The molecule has 0 saturated heterocycles. The van der Waals surface area contributed by atoms with Crippen molar-refractivity contribution >= 4 is 5.97 Å². The molecule has 0 rings (SSSR count). The van der Waals surface area contributed by atoms with Crippen molar-refractivity contribution in [1.29, 1.82) is 0 Å². The molecule has 0 heterocycles. The van der Waals surface area contributed by atoms with Gasteiger partial charge in [-0.15, -0.1) is 0 Å². The monoisotopic (exact) mass is 330 g/mol. The van der Waals surface area contributed by atoms with Crippen molar-refractivity contribution in [2.24, 2.45) is 11.8 Å². The summed E-state index contributed by atoms with van der Waals surface area (Å²) in [6, 6.07) is 0. The number of unbranched alkanes of at least 4 members (excludes halogenated alkanes) is 5. The van der Waals surface area contributed by atoms with Crippen molar-refractivity contribution in [1.82, 2.24) is 0 Å². The van der Waals surface area contributed by atoms with Crippen LogP contribution < -0.4 is 0 Å². The third-order valence-corrected chi connectivity index (χ3v) is 4.53. The van der Waals surface area contributed by atoms with Crippen LogP contribution in [-0.4, -0.2) is 22.3 Å². The second kappa shape index (κ2) is 17.8. The van der Waals surface area contributed by atoms with Crippen molar-refractivity contribution in [3.05, 3.63) is 0 Å². The fourth-order valence-electron chi connectivity index (χ4n) is 2.45. The van der Waals surface area contributed by atoms with E-state index in [0.717, 1.165) is 5.92 Å². The van der Waals surface area contributed by atoms with Gasteiger partial charge in [0.15, 0.2) is 0 Å². The van der Waals surface area contributed by atoms with Crippen LogP contribution in [0.25, 0.3) is 0 Å². The lowest BCUT2D eigenvalue weighted by molar-refractivity contribution is -0.136. The Hall–Kier alpha value is -0.570. The third-order valence-electron chi connectivity index (χ3n) is 4.53. The zero-order valence-electron chi connectivity index (χ0n) is 16.3. The molecule has 3 unspecified atom stereocenters. The Morgan fingerprint density at radius 1 is 0.826 bits per heavy atom. The van der Waals surface area contributed by atoms with Gasteiger partial charge >= 0.3 is 5.97 Å². The molecule has 0 fully saturated rings. The van der Waals surface area contributed by atoms with Gasteiger partial charge < -0.3 is 10.2 Å². The third kappa shape index (κ3) is 21.4. The fraction of sp³-hybridized carbons (Fsp3) is 0.950. The molecule has 0 amide bonds. The molecule has 140 valence electrons. The van der Waals surface area contributed by atoms with Crippen molar-refractivity contribution < 1.29 is 15.0 Å². The molecule has 0 aliphatic heterocycles. The van der Waals surface area contributed by atoms with Crippen molar-refractivity contribution in [2.75, 3.05) is 0 Å². The predicted molar refractivity (Wildman–Crippen MR) is 99.8 cm³/mol. The first-order valence-electron chi connectivity index (χ1n) is 9.74. The van der Waals surface area contributed by atoms with Crippen LogP contribution >= 0.6 is 0 Å². The van der Waals surface area contributed by atoms with E-state index in [9.17, 15) is 9.90 Å². The average molecular weight is 331 g/mol. The van der Waals surface area contributed by atoms with Crippen LogP contribution in [0.1, 0.15) is 105 Å². The molecule has 0 spiro atoms. The van der Waals surface area contributed by atoms with E-state index < -0.39 is 5.97 Å². The number of carboxylic acid groups (broad SMARTS) is 1. The molecule has 0 saturated carbocycles. The number of aliphatic carboxylic acids is 1. The maximum Gasteiger partial charge on any atom is 0.303 e. The number of rotatable bonds is 13. The van der Waals surface area contributed by atoms with Gasteiger partial charge in [0.25, 0.3) is 0 Å². The summed E-state index contributed by atoms with van der Waals surface area (Å²) in [7, 11) is 0. The van der Waals surface area contributed by atoms with Crippen LogP contribution in [0.15, 0.2) is 0 Å². The lowest BCUT2D eigenvalue weighted by atomic mass is 9.93. The SMILES string of the molecule is CCC(=O)O.CCCCCCCCC(C)CCCC(C)C(C)O. The standard InChI is InChI=1S/C17H36O.C3H6O2/c1-5-6-7-8-9-10-12-15(2)13-11-14-16(3)17(4)18;1-2-3(4)5/h15-18H,5-14H2,1-4H3;2H2,1H3,(H,4,5). The lowest BCUT2D eigenvalue weighted by Gasteiger charge is -2.16. The van der Waals surface area contributed by atoms with E-state index >= 15 is 0 Å². The summed E-state index contributed by atoms with van der Waals surface area (Å²) in [5.41, 5.74) is 0. The Labute approximate surface area is 144 Å². The van der Waals surface area contributed by atoms with Gasteiger partial charge in [-0.05, 0) is 25.2 Å². The van der Waals surface area contributed by atoms with E-state index in [1.54, 1.807) is 6.92 Å². The summed E-state index contributed by atoms with van der Waals surface area (Å²) < 4.78 is 0. The average Bonchev–Trinajstić information content (AvgIpc) is 2.51. The zero-order valence-corrected chi connectivity index (χ0v) is 16.3. The minimum Gasteiger partial charge on any atom is -0.481 e. The highest BCUT2D eigenvalue weighted by molar-refractivity contribution is 5.66. The highest BCUT2D eigenvalue weighted by atomic mass is 16.4. The van der Waals surface area contributed by atoms with Crippen LogP contribution in [0.5, 0.6) is 0 Å². The molecule has 0 aromatic heterocycles. The zero-order chi connectivity index (χ0) is 18.1. The van der Waals surface area contributed by atoms with E-state index in [4.69, 9.17) is 5.11 Å². The number of hydrogen-bond donors (Lipinski definition) is 2.